The summed E-state index contributed by atoms with van der Waals surface area (Å²) in [6.07, 6.45) is 4.19. The van der Waals surface area contributed by atoms with E-state index >= 15 is 0 Å². The maximum atomic E-state index is 12.5. The van der Waals surface area contributed by atoms with Crippen molar-refractivity contribution in [1.29, 1.82) is 0 Å². The topological polar surface area (TPSA) is 52.6 Å². The molecule has 0 N–H and O–H groups in total. The third-order valence-corrected chi connectivity index (χ3v) is 8.33. The number of carbonyl (C=O) groups is 2. The van der Waals surface area contributed by atoms with Gasteiger partial charge in [-0.05, 0) is 16.4 Å². The fourth-order valence-corrected chi connectivity index (χ4v) is 6.85. The molecule has 136 valence electrons. The van der Waals surface area contributed by atoms with Crippen molar-refractivity contribution in [3.05, 3.63) is 72.8 Å². The SMILES string of the molecule is CCCC[Si](OC(=O)/C=C\C(=O)OC)(c1ccccc1)c1ccccc1. The summed E-state index contributed by atoms with van der Waals surface area (Å²) in [4.78, 5) is 23.8. The van der Waals surface area contributed by atoms with Crippen molar-refractivity contribution >= 4 is 30.6 Å². The van der Waals surface area contributed by atoms with Gasteiger partial charge in [0.25, 0.3) is 0 Å². The van der Waals surface area contributed by atoms with E-state index in [0.717, 1.165) is 41.4 Å². The molecule has 0 aliphatic heterocycles. The lowest BCUT2D eigenvalue weighted by atomic mass is 10.4. The Bertz CT molecular complexity index is 702. The number of methoxy groups -OCH3 is 1. The molecule has 0 aliphatic carbocycles. The van der Waals surface area contributed by atoms with Gasteiger partial charge in [0.1, 0.15) is 0 Å². The molecule has 2 rings (SSSR count). The molecule has 0 saturated carbocycles. The minimum atomic E-state index is -2.77. The molecule has 0 aliphatic rings. The summed E-state index contributed by atoms with van der Waals surface area (Å²) in [5.41, 5.74) is 0. The van der Waals surface area contributed by atoms with Crippen molar-refractivity contribution < 1.29 is 18.8 Å². The van der Waals surface area contributed by atoms with Gasteiger partial charge >= 0.3 is 20.3 Å². The molecule has 0 fully saturated rings. The highest BCUT2D eigenvalue weighted by Crippen LogP contribution is 2.17. The van der Waals surface area contributed by atoms with Crippen LogP contribution in [-0.2, 0) is 18.8 Å². The van der Waals surface area contributed by atoms with E-state index in [1.165, 1.54) is 7.11 Å². The average molecular weight is 369 g/mol. The molecule has 0 atom stereocenters. The van der Waals surface area contributed by atoms with Gasteiger partial charge in [-0.15, -0.1) is 0 Å². The van der Waals surface area contributed by atoms with Crippen molar-refractivity contribution in [3.63, 3.8) is 0 Å². The Morgan fingerprint density at radius 2 is 1.38 bits per heavy atom. The lowest BCUT2D eigenvalue weighted by Crippen LogP contribution is -2.61. The molecular weight excluding hydrogens is 344 g/mol. The van der Waals surface area contributed by atoms with Crippen LogP contribution in [0.2, 0.25) is 6.04 Å². The summed E-state index contributed by atoms with van der Waals surface area (Å²) in [5, 5.41) is 2.08. The van der Waals surface area contributed by atoms with Crippen LogP contribution in [0.25, 0.3) is 0 Å². The fourth-order valence-electron chi connectivity index (χ4n) is 2.87. The van der Waals surface area contributed by atoms with Gasteiger partial charge in [-0.2, -0.15) is 0 Å². The molecule has 2 aromatic rings. The second-order valence-corrected chi connectivity index (χ2v) is 9.45. The number of hydrogen-bond donors (Lipinski definition) is 0. The Labute approximate surface area is 155 Å². The number of ether oxygens (including phenoxy) is 1. The van der Waals surface area contributed by atoms with Gasteiger partial charge in [-0.25, -0.2) is 9.59 Å². The summed E-state index contributed by atoms with van der Waals surface area (Å²) >= 11 is 0. The Hall–Kier alpha value is -2.66. The van der Waals surface area contributed by atoms with Gasteiger partial charge < -0.3 is 9.16 Å². The molecule has 5 heteroatoms. The molecule has 0 radical (unpaired) electrons. The van der Waals surface area contributed by atoms with E-state index in [1.54, 1.807) is 0 Å². The van der Waals surface area contributed by atoms with Gasteiger partial charge in [-0.1, -0.05) is 80.4 Å². The molecule has 2 aromatic carbocycles. The normalized spacial score (nSPS) is 11.3. The van der Waals surface area contributed by atoms with Crippen LogP contribution in [0.5, 0.6) is 0 Å². The van der Waals surface area contributed by atoms with E-state index in [2.05, 4.69) is 11.7 Å². The fraction of sp³-hybridized carbons (Fsp3) is 0.238. The zero-order valence-corrected chi connectivity index (χ0v) is 16.2. The maximum Gasteiger partial charge on any atom is 0.330 e. The molecular formula is C21H24O4Si. The van der Waals surface area contributed by atoms with E-state index in [4.69, 9.17) is 4.43 Å². The lowest BCUT2D eigenvalue weighted by Gasteiger charge is -2.31. The first-order valence-electron chi connectivity index (χ1n) is 8.72. The Kier molecular flexibility index (Phi) is 7.35. The van der Waals surface area contributed by atoms with E-state index in [9.17, 15) is 9.59 Å². The second-order valence-electron chi connectivity index (χ2n) is 5.94. The van der Waals surface area contributed by atoms with Crippen molar-refractivity contribution in [2.24, 2.45) is 0 Å². The number of rotatable bonds is 8. The Morgan fingerprint density at radius 1 is 0.885 bits per heavy atom. The smallest absolute Gasteiger partial charge is 0.330 e. The molecule has 0 unspecified atom stereocenters. The number of esters is 1. The quantitative estimate of drug-likeness (QED) is 0.408. The van der Waals surface area contributed by atoms with Crippen LogP contribution in [-0.4, -0.2) is 27.4 Å². The Balaban J connectivity index is 2.47. The summed E-state index contributed by atoms with van der Waals surface area (Å²) in [7, 11) is -1.50. The monoisotopic (exact) mass is 368 g/mol. The van der Waals surface area contributed by atoms with Gasteiger partial charge in [0, 0.05) is 12.2 Å². The second kappa shape index (κ2) is 9.72. The Morgan fingerprint density at radius 3 is 1.85 bits per heavy atom. The van der Waals surface area contributed by atoms with Crippen LogP contribution >= 0.6 is 0 Å². The van der Waals surface area contributed by atoms with Crippen molar-refractivity contribution in [2.75, 3.05) is 7.11 Å². The molecule has 0 aromatic heterocycles. The van der Waals surface area contributed by atoms with Crippen molar-refractivity contribution in [3.8, 4) is 0 Å². The average Bonchev–Trinajstić information content (AvgIpc) is 2.70. The zero-order valence-electron chi connectivity index (χ0n) is 15.2. The van der Waals surface area contributed by atoms with E-state index in [-0.39, 0.29) is 0 Å². The summed E-state index contributed by atoms with van der Waals surface area (Å²) in [6.45, 7) is 2.12. The first kappa shape index (κ1) is 19.7. The summed E-state index contributed by atoms with van der Waals surface area (Å²) in [6, 6.07) is 20.6. The number of benzene rings is 2. The van der Waals surface area contributed by atoms with Crippen LogP contribution in [0.15, 0.2) is 72.8 Å². The molecule has 26 heavy (non-hydrogen) atoms. The van der Waals surface area contributed by atoms with Crippen LogP contribution in [0, 0.1) is 0 Å². The van der Waals surface area contributed by atoms with Crippen molar-refractivity contribution in [2.45, 2.75) is 25.8 Å². The standard InChI is InChI=1S/C21H24O4Si/c1-3-4-17-26(18-11-7-5-8-12-18,19-13-9-6-10-14-19)25-21(23)16-15-20(22)24-2/h5-16H,3-4,17H2,1-2H3/b16-15-. The first-order chi connectivity index (χ1) is 12.6. The summed E-state index contributed by atoms with van der Waals surface area (Å²) in [5.74, 6) is -1.10. The highest BCUT2D eigenvalue weighted by molar-refractivity contribution is 6.98. The van der Waals surface area contributed by atoms with E-state index in [1.807, 2.05) is 60.7 Å². The highest BCUT2D eigenvalue weighted by Gasteiger charge is 2.42. The largest absolute Gasteiger partial charge is 0.507 e. The van der Waals surface area contributed by atoms with E-state index < -0.39 is 20.3 Å². The predicted octanol–water partition coefficient (Wildman–Crippen LogP) is 2.82. The zero-order chi connectivity index (χ0) is 18.8. The third-order valence-electron chi connectivity index (χ3n) is 4.19. The lowest BCUT2D eigenvalue weighted by molar-refractivity contribution is -0.135. The van der Waals surface area contributed by atoms with Gasteiger partial charge in [-0.3, -0.25) is 0 Å². The molecule has 0 amide bonds. The molecule has 0 spiro atoms. The van der Waals surface area contributed by atoms with Crippen LogP contribution in [0.1, 0.15) is 19.8 Å². The van der Waals surface area contributed by atoms with Gasteiger partial charge in [0.15, 0.2) is 0 Å². The molecule has 4 nitrogen and oxygen atoms in total. The van der Waals surface area contributed by atoms with Crippen LogP contribution in [0.3, 0.4) is 0 Å². The van der Waals surface area contributed by atoms with Crippen molar-refractivity contribution in [1.82, 2.24) is 0 Å². The van der Waals surface area contributed by atoms with Gasteiger partial charge in [0.05, 0.1) is 7.11 Å². The van der Waals surface area contributed by atoms with Crippen LogP contribution in [0.4, 0.5) is 0 Å². The number of hydrogen-bond acceptors (Lipinski definition) is 4. The first-order valence-corrected chi connectivity index (χ1v) is 10.8. The highest BCUT2D eigenvalue weighted by atomic mass is 28.4. The molecule has 0 saturated heterocycles. The molecule has 0 bridgehead atoms. The minimum absolute atomic E-state index is 0.522. The van der Waals surface area contributed by atoms with Gasteiger partial charge in [0.2, 0.25) is 0 Å². The molecule has 0 heterocycles. The predicted molar refractivity (Wildman–Crippen MR) is 105 cm³/mol. The third kappa shape index (κ3) is 4.92. The number of unbranched alkanes of at least 4 members (excludes halogenated alkanes) is 1. The van der Waals surface area contributed by atoms with E-state index in [0.29, 0.717) is 0 Å². The summed E-state index contributed by atoms with van der Waals surface area (Å²) < 4.78 is 10.7. The number of carbonyl (C=O) groups excluding carboxylic acids is 2. The minimum Gasteiger partial charge on any atom is -0.507 e. The van der Waals surface area contributed by atoms with Crippen LogP contribution < -0.4 is 10.4 Å². The maximum absolute atomic E-state index is 12.5.